The van der Waals surface area contributed by atoms with Crippen molar-refractivity contribution in [2.75, 3.05) is 24.7 Å². The molecule has 5 nitrogen and oxygen atoms in total. The average Bonchev–Trinajstić information content (AvgIpc) is 2.92. The number of hydrogen-bond acceptors (Lipinski definition) is 4. The van der Waals surface area contributed by atoms with Gasteiger partial charge in [-0.1, -0.05) is 12.8 Å². The third-order valence-corrected chi connectivity index (χ3v) is 5.25. The minimum absolute atomic E-state index is 0.254. The van der Waals surface area contributed by atoms with Crippen LogP contribution in [0.3, 0.4) is 0 Å². The number of benzene rings is 1. The van der Waals surface area contributed by atoms with Gasteiger partial charge >= 0.3 is 0 Å². The van der Waals surface area contributed by atoms with Crippen molar-refractivity contribution in [3.63, 3.8) is 0 Å². The second-order valence-corrected chi connectivity index (χ2v) is 6.86. The van der Waals surface area contributed by atoms with E-state index in [1.807, 2.05) is 7.05 Å². The van der Waals surface area contributed by atoms with Crippen LogP contribution < -0.4 is 15.4 Å². The van der Waals surface area contributed by atoms with Crippen LogP contribution in [0.4, 0.5) is 11.4 Å². The molecule has 0 aliphatic heterocycles. The van der Waals surface area contributed by atoms with E-state index in [0.29, 0.717) is 11.7 Å². The van der Waals surface area contributed by atoms with Gasteiger partial charge in [0.25, 0.3) is 0 Å². The normalized spacial score (nSPS) is 16.7. The fourth-order valence-electron chi connectivity index (χ4n) is 2.60. The minimum Gasteiger partial charge on any atom is -0.397 e. The van der Waals surface area contributed by atoms with Gasteiger partial charge < -0.3 is 10.6 Å². The Morgan fingerprint density at radius 2 is 1.95 bits per heavy atom. The lowest BCUT2D eigenvalue weighted by Gasteiger charge is -2.28. The topological polar surface area (TPSA) is 75.4 Å². The zero-order valence-corrected chi connectivity index (χ0v) is 12.2. The summed E-state index contributed by atoms with van der Waals surface area (Å²) in [6.07, 6.45) is 4.73. The van der Waals surface area contributed by atoms with Gasteiger partial charge in [-0.2, -0.15) is 0 Å². The maximum atomic E-state index is 11.8. The number of rotatable bonds is 4. The molecule has 6 heteroatoms. The summed E-state index contributed by atoms with van der Waals surface area (Å²) in [6, 6.07) is 5.30. The molecule has 0 amide bonds. The summed E-state index contributed by atoms with van der Waals surface area (Å²) < 4.78 is 26.0. The second-order valence-electron chi connectivity index (χ2n) is 4.98. The van der Waals surface area contributed by atoms with Crippen molar-refractivity contribution in [2.45, 2.75) is 36.6 Å². The first-order valence-corrected chi connectivity index (χ1v) is 8.00. The SMILES string of the molecule is CNS(=O)(=O)c1ccc(N)c(N(C)C2CCCC2)c1. The van der Waals surface area contributed by atoms with E-state index in [4.69, 9.17) is 5.73 Å². The Bertz CT molecular complexity index is 551. The van der Waals surface area contributed by atoms with Crippen molar-refractivity contribution < 1.29 is 8.42 Å². The summed E-state index contributed by atoms with van der Waals surface area (Å²) in [5, 5.41) is 0. The van der Waals surface area contributed by atoms with Gasteiger partial charge in [-0.25, -0.2) is 13.1 Å². The molecule has 19 heavy (non-hydrogen) atoms. The summed E-state index contributed by atoms with van der Waals surface area (Å²) in [7, 11) is -0.0344. The van der Waals surface area contributed by atoms with E-state index in [-0.39, 0.29) is 4.90 Å². The molecule has 1 saturated carbocycles. The molecule has 2 rings (SSSR count). The van der Waals surface area contributed by atoms with Crippen LogP contribution >= 0.6 is 0 Å². The Kier molecular flexibility index (Phi) is 4.01. The van der Waals surface area contributed by atoms with Crippen molar-refractivity contribution in [3.8, 4) is 0 Å². The number of nitrogen functional groups attached to an aromatic ring is 1. The first-order valence-electron chi connectivity index (χ1n) is 6.51. The van der Waals surface area contributed by atoms with E-state index in [0.717, 1.165) is 18.5 Å². The van der Waals surface area contributed by atoms with E-state index >= 15 is 0 Å². The molecular formula is C13H21N3O2S. The van der Waals surface area contributed by atoms with E-state index in [1.165, 1.54) is 26.0 Å². The summed E-state index contributed by atoms with van der Waals surface area (Å²) in [6.45, 7) is 0. The van der Waals surface area contributed by atoms with Crippen molar-refractivity contribution in [3.05, 3.63) is 18.2 Å². The Balaban J connectivity index is 2.36. The maximum Gasteiger partial charge on any atom is 0.240 e. The minimum atomic E-state index is -3.43. The number of hydrogen-bond donors (Lipinski definition) is 2. The zero-order valence-electron chi connectivity index (χ0n) is 11.4. The number of anilines is 2. The summed E-state index contributed by atoms with van der Waals surface area (Å²) >= 11 is 0. The first-order chi connectivity index (χ1) is 8.95. The quantitative estimate of drug-likeness (QED) is 0.822. The molecule has 1 aliphatic rings. The maximum absolute atomic E-state index is 11.8. The van der Waals surface area contributed by atoms with Crippen LogP contribution in [0, 0.1) is 0 Å². The standard InChI is InChI=1S/C13H21N3O2S/c1-15-19(17,18)11-7-8-12(14)13(9-11)16(2)10-5-3-4-6-10/h7-10,15H,3-6,14H2,1-2H3. The third kappa shape index (κ3) is 2.84. The van der Waals surface area contributed by atoms with Gasteiger partial charge in [0.1, 0.15) is 0 Å². The number of nitrogens with one attached hydrogen (secondary N) is 1. The molecule has 0 saturated heterocycles. The van der Waals surface area contributed by atoms with Gasteiger partial charge in [-0.05, 0) is 38.1 Å². The van der Waals surface area contributed by atoms with Crippen LogP contribution in [0.2, 0.25) is 0 Å². The monoisotopic (exact) mass is 283 g/mol. The van der Waals surface area contributed by atoms with Gasteiger partial charge in [0.05, 0.1) is 16.3 Å². The lowest BCUT2D eigenvalue weighted by Crippen LogP contribution is -2.30. The molecule has 0 radical (unpaired) electrons. The predicted molar refractivity (Wildman–Crippen MR) is 77.8 cm³/mol. The highest BCUT2D eigenvalue weighted by Gasteiger charge is 2.22. The predicted octanol–water partition coefficient (Wildman–Crippen LogP) is 1.56. The van der Waals surface area contributed by atoms with Gasteiger partial charge in [0.2, 0.25) is 10.0 Å². The molecule has 106 valence electrons. The van der Waals surface area contributed by atoms with E-state index < -0.39 is 10.0 Å². The fraction of sp³-hybridized carbons (Fsp3) is 0.538. The lowest BCUT2D eigenvalue weighted by molar-refractivity contribution is 0.588. The highest BCUT2D eigenvalue weighted by molar-refractivity contribution is 7.89. The largest absolute Gasteiger partial charge is 0.397 e. The fourth-order valence-corrected chi connectivity index (χ4v) is 3.35. The molecule has 0 heterocycles. The smallest absolute Gasteiger partial charge is 0.240 e. The Labute approximate surface area is 114 Å². The van der Waals surface area contributed by atoms with Crippen LogP contribution in [-0.2, 0) is 10.0 Å². The molecule has 0 atom stereocenters. The Morgan fingerprint density at radius 1 is 1.32 bits per heavy atom. The van der Waals surface area contributed by atoms with Gasteiger partial charge in [-0.3, -0.25) is 0 Å². The third-order valence-electron chi connectivity index (χ3n) is 3.83. The zero-order chi connectivity index (χ0) is 14.0. The average molecular weight is 283 g/mol. The molecule has 1 aromatic carbocycles. The first kappa shape index (κ1) is 14.1. The molecule has 0 aromatic heterocycles. The van der Waals surface area contributed by atoms with Crippen molar-refractivity contribution in [1.29, 1.82) is 0 Å². The molecule has 3 N–H and O–H groups in total. The molecule has 1 aromatic rings. The van der Waals surface area contributed by atoms with E-state index in [9.17, 15) is 8.42 Å². The summed E-state index contributed by atoms with van der Waals surface area (Å²) in [5.41, 5.74) is 7.40. The molecule has 1 fully saturated rings. The molecular weight excluding hydrogens is 262 g/mol. The molecule has 1 aliphatic carbocycles. The molecule has 0 bridgehead atoms. The van der Waals surface area contributed by atoms with Crippen LogP contribution in [0.5, 0.6) is 0 Å². The summed E-state index contributed by atoms with van der Waals surface area (Å²) in [5.74, 6) is 0. The van der Waals surface area contributed by atoms with Gasteiger partial charge in [0, 0.05) is 13.1 Å². The van der Waals surface area contributed by atoms with E-state index in [1.54, 1.807) is 12.1 Å². The van der Waals surface area contributed by atoms with E-state index in [2.05, 4.69) is 9.62 Å². The van der Waals surface area contributed by atoms with Crippen LogP contribution in [0.25, 0.3) is 0 Å². The molecule has 0 spiro atoms. The van der Waals surface area contributed by atoms with Crippen molar-refractivity contribution in [1.82, 2.24) is 4.72 Å². The highest BCUT2D eigenvalue weighted by Crippen LogP contribution is 2.32. The Hall–Kier alpha value is -1.27. The number of nitrogens with zero attached hydrogens (tertiary/aromatic N) is 1. The Morgan fingerprint density at radius 3 is 2.53 bits per heavy atom. The lowest BCUT2D eigenvalue weighted by atomic mass is 10.1. The van der Waals surface area contributed by atoms with Crippen molar-refractivity contribution in [2.24, 2.45) is 0 Å². The number of sulfonamides is 1. The highest BCUT2D eigenvalue weighted by atomic mass is 32.2. The van der Waals surface area contributed by atoms with Crippen LogP contribution in [-0.4, -0.2) is 28.6 Å². The van der Waals surface area contributed by atoms with Crippen LogP contribution in [0.1, 0.15) is 25.7 Å². The van der Waals surface area contributed by atoms with Crippen LogP contribution in [0.15, 0.2) is 23.1 Å². The van der Waals surface area contributed by atoms with Gasteiger partial charge in [0.15, 0.2) is 0 Å². The molecule has 0 unspecified atom stereocenters. The van der Waals surface area contributed by atoms with Crippen molar-refractivity contribution >= 4 is 21.4 Å². The number of nitrogens with two attached hydrogens (primary N) is 1. The summed E-state index contributed by atoms with van der Waals surface area (Å²) in [4.78, 5) is 2.36. The second kappa shape index (κ2) is 5.38. The van der Waals surface area contributed by atoms with Gasteiger partial charge in [-0.15, -0.1) is 0 Å².